The van der Waals surface area contributed by atoms with E-state index in [9.17, 15) is 14.0 Å². The first-order valence-corrected chi connectivity index (χ1v) is 9.45. The third-order valence-corrected chi connectivity index (χ3v) is 5.11. The summed E-state index contributed by atoms with van der Waals surface area (Å²) in [5, 5.41) is 8.55. The number of carbonyl (C=O) groups excluding carboxylic acids is 2. The fourth-order valence-corrected chi connectivity index (χ4v) is 3.78. The predicted octanol–water partition coefficient (Wildman–Crippen LogP) is 3.66. The van der Waals surface area contributed by atoms with E-state index in [4.69, 9.17) is 4.74 Å². The second kappa shape index (κ2) is 7.53. The first-order valence-electron chi connectivity index (χ1n) is 8.64. The Morgan fingerprint density at radius 1 is 1.25 bits per heavy atom. The van der Waals surface area contributed by atoms with Gasteiger partial charge in [0.15, 0.2) is 11.2 Å². The summed E-state index contributed by atoms with van der Waals surface area (Å²) >= 11 is 1.29. The van der Waals surface area contributed by atoms with E-state index in [1.165, 1.54) is 35.6 Å². The zero-order chi connectivity index (χ0) is 19.7. The van der Waals surface area contributed by atoms with Crippen LogP contribution in [-0.4, -0.2) is 29.6 Å². The number of hydrogen-bond acceptors (Lipinski definition) is 5. The molecule has 1 saturated heterocycles. The van der Waals surface area contributed by atoms with Crippen LogP contribution in [0.4, 0.5) is 20.0 Å². The molecule has 7 nitrogen and oxygen atoms in total. The molecule has 1 aliphatic rings. The van der Waals surface area contributed by atoms with Crippen molar-refractivity contribution in [2.24, 2.45) is 0 Å². The number of thiazole rings is 1. The van der Waals surface area contributed by atoms with Gasteiger partial charge in [0.2, 0.25) is 0 Å². The summed E-state index contributed by atoms with van der Waals surface area (Å²) < 4.78 is 19.4. The molecule has 3 N–H and O–H groups in total. The number of fused-ring (bicyclic) bond motifs is 1. The Kier molecular flexibility index (Phi) is 4.93. The van der Waals surface area contributed by atoms with Crippen LogP contribution in [0.5, 0.6) is 0 Å². The zero-order valence-electron chi connectivity index (χ0n) is 14.9. The van der Waals surface area contributed by atoms with Gasteiger partial charge in [0.1, 0.15) is 5.82 Å². The average Bonchev–Trinajstić information content (AvgIpc) is 3.04. The first-order chi connectivity index (χ1) is 13.5. The molecule has 1 fully saturated rings. The Morgan fingerprint density at radius 3 is 2.79 bits per heavy atom. The number of aromatic nitrogens is 1. The predicted molar refractivity (Wildman–Crippen MR) is 105 cm³/mol. The number of carbonyl (C=O) groups is 2. The maximum atomic E-state index is 12.9. The molecule has 144 valence electrons. The van der Waals surface area contributed by atoms with Crippen LogP contribution < -0.4 is 16.0 Å². The minimum Gasteiger partial charge on any atom is -0.361 e. The van der Waals surface area contributed by atoms with E-state index in [0.29, 0.717) is 22.9 Å². The SMILES string of the molecule is C[C@H]1COC(c2ccc3nc(NC(=O)Nc4ccc(F)cc4)sc3c2)C(=O)N1. The molecule has 2 atom stereocenters. The smallest absolute Gasteiger partial charge is 0.325 e. The lowest BCUT2D eigenvalue weighted by Crippen LogP contribution is -2.45. The molecule has 0 saturated carbocycles. The van der Waals surface area contributed by atoms with Gasteiger partial charge in [-0.05, 0) is 48.9 Å². The number of amides is 3. The lowest BCUT2D eigenvalue weighted by molar-refractivity contribution is -0.140. The van der Waals surface area contributed by atoms with E-state index in [-0.39, 0.29) is 17.8 Å². The van der Waals surface area contributed by atoms with Crippen LogP contribution in [0.3, 0.4) is 0 Å². The normalized spacial score (nSPS) is 19.3. The summed E-state index contributed by atoms with van der Waals surface area (Å²) in [6.45, 7) is 2.34. The summed E-state index contributed by atoms with van der Waals surface area (Å²) in [5.74, 6) is -0.544. The highest BCUT2D eigenvalue weighted by atomic mass is 32.1. The van der Waals surface area contributed by atoms with E-state index in [1.807, 2.05) is 13.0 Å². The fourth-order valence-electron chi connectivity index (χ4n) is 2.87. The second-order valence-corrected chi connectivity index (χ2v) is 7.49. The molecule has 0 radical (unpaired) electrons. The van der Waals surface area contributed by atoms with Crippen molar-refractivity contribution in [2.75, 3.05) is 17.2 Å². The molecule has 2 heterocycles. The van der Waals surface area contributed by atoms with Crippen molar-refractivity contribution < 1.29 is 18.7 Å². The van der Waals surface area contributed by atoms with Gasteiger partial charge in [0.05, 0.1) is 16.8 Å². The van der Waals surface area contributed by atoms with E-state index < -0.39 is 12.1 Å². The van der Waals surface area contributed by atoms with Crippen LogP contribution in [-0.2, 0) is 9.53 Å². The summed E-state index contributed by atoms with van der Waals surface area (Å²) in [6.07, 6.45) is -0.652. The van der Waals surface area contributed by atoms with Gasteiger partial charge in [0, 0.05) is 11.7 Å². The molecule has 0 bridgehead atoms. The van der Waals surface area contributed by atoms with E-state index in [1.54, 1.807) is 12.1 Å². The highest BCUT2D eigenvalue weighted by molar-refractivity contribution is 7.22. The van der Waals surface area contributed by atoms with Crippen LogP contribution in [0.15, 0.2) is 42.5 Å². The lowest BCUT2D eigenvalue weighted by Gasteiger charge is -2.27. The van der Waals surface area contributed by atoms with Crippen molar-refractivity contribution >= 4 is 44.3 Å². The topological polar surface area (TPSA) is 92.3 Å². The average molecular weight is 400 g/mol. The molecule has 1 aromatic heterocycles. The molecule has 4 rings (SSSR count). The van der Waals surface area contributed by atoms with Crippen molar-refractivity contribution in [1.82, 2.24) is 10.3 Å². The molecule has 1 unspecified atom stereocenters. The molecule has 9 heteroatoms. The van der Waals surface area contributed by atoms with E-state index >= 15 is 0 Å². The van der Waals surface area contributed by atoms with Gasteiger partial charge < -0.3 is 15.4 Å². The minimum absolute atomic E-state index is 0.00805. The molecule has 0 spiro atoms. The van der Waals surface area contributed by atoms with Gasteiger partial charge in [0.25, 0.3) is 5.91 Å². The highest BCUT2D eigenvalue weighted by Crippen LogP contribution is 2.30. The summed E-state index contributed by atoms with van der Waals surface area (Å²) in [7, 11) is 0. The number of halogens is 1. The molecule has 2 aromatic carbocycles. The largest absolute Gasteiger partial charge is 0.361 e. The van der Waals surface area contributed by atoms with Crippen molar-refractivity contribution in [1.29, 1.82) is 0 Å². The molecule has 28 heavy (non-hydrogen) atoms. The monoisotopic (exact) mass is 400 g/mol. The number of rotatable bonds is 3. The Morgan fingerprint density at radius 2 is 2.04 bits per heavy atom. The molecule has 3 amide bonds. The van der Waals surface area contributed by atoms with Gasteiger partial charge in [-0.15, -0.1) is 0 Å². The standard InChI is InChI=1S/C19H17FN4O3S/c1-10-9-27-16(17(25)21-10)11-2-7-14-15(8-11)28-19(23-14)24-18(26)22-13-5-3-12(20)4-6-13/h2-8,10,16H,9H2,1H3,(H,21,25)(H2,22,23,24,26)/t10-,16?/m0/s1. The van der Waals surface area contributed by atoms with Crippen molar-refractivity contribution in [3.63, 3.8) is 0 Å². The Bertz CT molecular complexity index is 1040. The first kappa shape index (κ1) is 18.3. The third-order valence-electron chi connectivity index (χ3n) is 4.18. The van der Waals surface area contributed by atoms with Gasteiger partial charge in [-0.25, -0.2) is 14.2 Å². The number of morpholine rings is 1. The lowest BCUT2D eigenvalue weighted by atomic mass is 10.1. The number of ether oxygens (including phenoxy) is 1. The second-order valence-electron chi connectivity index (χ2n) is 6.46. The van der Waals surface area contributed by atoms with Crippen molar-refractivity contribution in [2.45, 2.75) is 19.1 Å². The number of anilines is 2. The molecule has 3 aromatic rings. The molecular weight excluding hydrogens is 383 g/mol. The van der Waals surface area contributed by atoms with Gasteiger partial charge in [-0.3, -0.25) is 10.1 Å². The molecule has 1 aliphatic heterocycles. The number of benzene rings is 2. The van der Waals surface area contributed by atoms with Gasteiger partial charge in [-0.2, -0.15) is 0 Å². The van der Waals surface area contributed by atoms with E-state index in [2.05, 4.69) is 20.9 Å². The summed E-state index contributed by atoms with van der Waals surface area (Å²) in [6, 6.07) is 10.4. The van der Waals surface area contributed by atoms with Gasteiger partial charge in [-0.1, -0.05) is 17.4 Å². The Balaban J connectivity index is 1.48. The maximum absolute atomic E-state index is 12.9. The van der Waals surface area contributed by atoms with Crippen molar-refractivity contribution in [3.8, 4) is 0 Å². The maximum Gasteiger partial charge on any atom is 0.325 e. The van der Waals surface area contributed by atoms with Gasteiger partial charge >= 0.3 is 6.03 Å². The third kappa shape index (κ3) is 3.95. The zero-order valence-corrected chi connectivity index (χ0v) is 15.7. The highest BCUT2D eigenvalue weighted by Gasteiger charge is 2.28. The van der Waals surface area contributed by atoms with Crippen LogP contribution in [0.1, 0.15) is 18.6 Å². The van der Waals surface area contributed by atoms with Crippen LogP contribution in [0.25, 0.3) is 10.2 Å². The van der Waals surface area contributed by atoms with Crippen LogP contribution in [0.2, 0.25) is 0 Å². The quantitative estimate of drug-likeness (QED) is 0.626. The minimum atomic E-state index is -0.652. The van der Waals surface area contributed by atoms with Crippen LogP contribution in [0, 0.1) is 5.82 Å². The summed E-state index contributed by atoms with van der Waals surface area (Å²) in [5.41, 5.74) is 1.91. The number of nitrogens with one attached hydrogen (secondary N) is 3. The van der Waals surface area contributed by atoms with Crippen molar-refractivity contribution in [3.05, 3.63) is 53.8 Å². The molecule has 0 aliphatic carbocycles. The number of nitrogens with zero attached hydrogens (tertiary/aromatic N) is 1. The Hall–Kier alpha value is -3.04. The van der Waals surface area contributed by atoms with E-state index in [0.717, 1.165) is 10.3 Å². The number of hydrogen-bond donors (Lipinski definition) is 3. The number of urea groups is 1. The molecular formula is C19H17FN4O3S. The van der Waals surface area contributed by atoms with Crippen LogP contribution >= 0.6 is 11.3 Å². The fraction of sp³-hybridized carbons (Fsp3) is 0.211. The Labute approximate surface area is 163 Å². The summed E-state index contributed by atoms with van der Waals surface area (Å²) in [4.78, 5) is 28.6.